The maximum atomic E-state index is 13.5. The van der Waals surface area contributed by atoms with Crippen molar-refractivity contribution in [2.45, 2.75) is 25.3 Å². The Bertz CT molecular complexity index is 509. The summed E-state index contributed by atoms with van der Waals surface area (Å²) in [4.78, 5) is 16.7. The fourth-order valence-electron chi connectivity index (χ4n) is 1.74. The van der Waals surface area contributed by atoms with Gasteiger partial charge in [-0.1, -0.05) is 0 Å². The maximum absolute atomic E-state index is 13.5. The molecule has 2 rings (SSSR count). The zero-order valence-electron chi connectivity index (χ0n) is 9.57. The minimum absolute atomic E-state index is 0.0430. The summed E-state index contributed by atoms with van der Waals surface area (Å²) in [5.74, 6) is -3.09. The fourth-order valence-corrected chi connectivity index (χ4v) is 1.74. The van der Waals surface area contributed by atoms with Crippen LogP contribution in [0.2, 0.25) is 0 Å². The lowest BCUT2D eigenvalue weighted by Gasteiger charge is -2.21. The van der Waals surface area contributed by atoms with Gasteiger partial charge in [0.1, 0.15) is 0 Å². The summed E-state index contributed by atoms with van der Waals surface area (Å²) in [5, 5.41) is 8.54. The van der Waals surface area contributed by atoms with Crippen molar-refractivity contribution >= 4 is 5.91 Å². The number of rotatable bonds is 4. The van der Waals surface area contributed by atoms with Gasteiger partial charge in [-0.3, -0.25) is 4.79 Å². The maximum Gasteiger partial charge on any atom is 0.257 e. The number of aromatic nitrogens is 1. The average molecular weight is 251 g/mol. The molecule has 4 nitrogen and oxygen atoms in total. The summed E-state index contributed by atoms with van der Waals surface area (Å²) in [7, 11) is 0. The molecule has 1 aliphatic rings. The van der Waals surface area contributed by atoms with E-state index in [2.05, 4.69) is 4.98 Å². The van der Waals surface area contributed by atoms with Gasteiger partial charge in [-0.25, -0.2) is 9.37 Å². The van der Waals surface area contributed by atoms with Crippen LogP contribution < -0.4 is 0 Å². The van der Waals surface area contributed by atoms with Crippen molar-refractivity contribution in [3.63, 3.8) is 0 Å². The second-order valence-electron chi connectivity index (χ2n) is 4.10. The van der Waals surface area contributed by atoms with Crippen LogP contribution in [0.1, 0.15) is 29.6 Å². The van der Waals surface area contributed by atoms with Crippen molar-refractivity contribution in [3.05, 3.63) is 29.6 Å². The lowest BCUT2D eigenvalue weighted by atomic mass is 10.2. The second-order valence-corrected chi connectivity index (χ2v) is 4.10. The van der Waals surface area contributed by atoms with E-state index in [1.54, 1.807) is 0 Å². The van der Waals surface area contributed by atoms with Crippen molar-refractivity contribution < 1.29 is 13.6 Å². The summed E-state index contributed by atoms with van der Waals surface area (Å²) >= 11 is 0. The molecule has 0 radical (unpaired) electrons. The first-order valence-electron chi connectivity index (χ1n) is 5.63. The number of nitrogens with zero attached hydrogens (tertiary/aromatic N) is 3. The van der Waals surface area contributed by atoms with Crippen LogP contribution in [0, 0.1) is 23.1 Å². The molecule has 0 saturated heterocycles. The van der Waals surface area contributed by atoms with Crippen molar-refractivity contribution in [1.29, 1.82) is 5.26 Å². The molecule has 0 spiro atoms. The molecule has 0 atom stereocenters. The van der Waals surface area contributed by atoms with Gasteiger partial charge in [0.05, 0.1) is 18.1 Å². The number of carbonyl (C=O) groups is 1. The minimum Gasteiger partial charge on any atom is -0.335 e. The average Bonchev–Trinajstić information content (AvgIpc) is 3.17. The van der Waals surface area contributed by atoms with Crippen LogP contribution in [0.4, 0.5) is 8.78 Å². The SMILES string of the molecule is N#CCCN(C(=O)c1ccnc(F)c1F)C1CC1. The summed E-state index contributed by atoms with van der Waals surface area (Å²) in [6.07, 6.45) is 2.91. The van der Waals surface area contributed by atoms with Crippen LogP contribution in [-0.2, 0) is 0 Å². The van der Waals surface area contributed by atoms with Gasteiger partial charge in [0, 0.05) is 18.8 Å². The number of halogens is 2. The van der Waals surface area contributed by atoms with E-state index in [1.165, 1.54) is 4.90 Å². The van der Waals surface area contributed by atoms with E-state index in [0.717, 1.165) is 25.1 Å². The van der Waals surface area contributed by atoms with Crippen molar-refractivity contribution in [2.24, 2.45) is 0 Å². The van der Waals surface area contributed by atoms with Gasteiger partial charge in [-0.05, 0) is 18.9 Å². The van der Waals surface area contributed by atoms with Crippen LogP contribution in [-0.4, -0.2) is 28.4 Å². The monoisotopic (exact) mass is 251 g/mol. The molecule has 94 valence electrons. The van der Waals surface area contributed by atoms with Gasteiger partial charge in [0.15, 0.2) is 5.82 Å². The van der Waals surface area contributed by atoms with E-state index in [0.29, 0.717) is 0 Å². The minimum atomic E-state index is -1.28. The summed E-state index contributed by atoms with van der Waals surface area (Å²) in [6, 6.07) is 3.14. The van der Waals surface area contributed by atoms with E-state index < -0.39 is 17.7 Å². The highest BCUT2D eigenvalue weighted by atomic mass is 19.2. The van der Waals surface area contributed by atoms with E-state index in [-0.39, 0.29) is 24.6 Å². The number of pyridine rings is 1. The molecule has 6 heteroatoms. The van der Waals surface area contributed by atoms with Crippen molar-refractivity contribution in [1.82, 2.24) is 9.88 Å². The third-order valence-corrected chi connectivity index (χ3v) is 2.79. The highest BCUT2D eigenvalue weighted by Gasteiger charge is 2.34. The predicted octanol–water partition coefficient (Wildman–Crippen LogP) is 1.88. The molecule has 18 heavy (non-hydrogen) atoms. The Hall–Kier alpha value is -2.03. The van der Waals surface area contributed by atoms with E-state index in [9.17, 15) is 13.6 Å². The number of hydrogen-bond acceptors (Lipinski definition) is 3. The Balaban J connectivity index is 2.22. The van der Waals surface area contributed by atoms with Gasteiger partial charge >= 0.3 is 0 Å². The van der Waals surface area contributed by atoms with Crippen LogP contribution in [0.25, 0.3) is 0 Å². The van der Waals surface area contributed by atoms with Crippen LogP contribution in [0.5, 0.6) is 0 Å². The Kier molecular flexibility index (Phi) is 3.51. The molecule has 1 aliphatic carbocycles. The molecule has 0 unspecified atom stereocenters. The first kappa shape index (κ1) is 12.4. The van der Waals surface area contributed by atoms with Gasteiger partial charge < -0.3 is 4.90 Å². The first-order chi connectivity index (χ1) is 8.65. The second kappa shape index (κ2) is 5.08. The molecule has 0 aliphatic heterocycles. The van der Waals surface area contributed by atoms with Gasteiger partial charge in [-0.2, -0.15) is 9.65 Å². The van der Waals surface area contributed by atoms with E-state index >= 15 is 0 Å². The summed E-state index contributed by atoms with van der Waals surface area (Å²) < 4.78 is 26.4. The Morgan fingerprint density at radius 2 is 2.28 bits per heavy atom. The molecule has 1 aromatic heterocycles. The van der Waals surface area contributed by atoms with Gasteiger partial charge in [0.25, 0.3) is 5.91 Å². The standard InChI is InChI=1S/C12H11F2N3O/c13-10-9(4-6-16-11(10)14)12(18)17(7-1-5-15)8-2-3-8/h4,6,8H,1-3,7H2. The third kappa shape index (κ3) is 2.45. The number of hydrogen-bond donors (Lipinski definition) is 0. The molecule has 1 saturated carbocycles. The fraction of sp³-hybridized carbons (Fsp3) is 0.417. The van der Waals surface area contributed by atoms with Crippen molar-refractivity contribution in [3.8, 4) is 6.07 Å². The zero-order chi connectivity index (χ0) is 13.1. The zero-order valence-corrected chi connectivity index (χ0v) is 9.57. The highest BCUT2D eigenvalue weighted by molar-refractivity contribution is 5.94. The first-order valence-corrected chi connectivity index (χ1v) is 5.63. The molecule has 1 amide bonds. The molecule has 1 heterocycles. The lowest BCUT2D eigenvalue weighted by molar-refractivity contribution is 0.0740. The number of nitriles is 1. The van der Waals surface area contributed by atoms with Gasteiger partial charge in [0.2, 0.25) is 5.95 Å². The lowest BCUT2D eigenvalue weighted by Crippen LogP contribution is -2.34. The topological polar surface area (TPSA) is 57.0 Å². The van der Waals surface area contributed by atoms with Crippen LogP contribution in [0.15, 0.2) is 12.3 Å². The largest absolute Gasteiger partial charge is 0.335 e. The van der Waals surface area contributed by atoms with E-state index in [1.807, 2.05) is 6.07 Å². The van der Waals surface area contributed by atoms with E-state index in [4.69, 9.17) is 5.26 Å². The normalized spacial score (nSPS) is 14.1. The molecule has 1 aromatic rings. The smallest absolute Gasteiger partial charge is 0.257 e. The van der Waals surface area contributed by atoms with Crippen LogP contribution in [0.3, 0.4) is 0 Å². The third-order valence-electron chi connectivity index (χ3n) is 2.79. The van der Waals surface area contributed by atoms with Gasteiger partial charge in [-0.15, -0.1) is 0 Å². The Morgan fingerprint density at radius 1 is 1.56 bits per heavy atom. The van der Waals surface area contributed by atoms with Crippen molar-refractivity contribution in [2.75, 3.05) is 6.54 Å². The molecule has 0 aromatic carbocycles. The molecular formula is C12H11F2N3O. The molecular weight excluding hydrogens is 240 g/mol. The highest BCUT2D eigenvalue weighted by Crippen LogP contribution is 2.28. The quantitative estimate of drug-likeness (QED) is 0.768. The molecule has 0 N–H and O–H groups in total. The predicted molar refractivity (Wildman–Crippen MR) is 58.4 cm³/mol. The summed E-state index contributed by atoms with van der Waals surface area (Å²) in [5.41, 5.74) is -0.327. The molecule has 0 bridgehead atoms. The van der Waals surface area contributed by atoms with Crippen LogP contribution >= 0.6 is 0 Å². The molecule has 1 fully saturated rings. The Morgan fingerprint density at radius 3 is 2.89 bits per heavy atom. The Labute approximate surface area is 103 Å². The number of amides is 1. The summed E-state index contributed by atoms with van der Waals surface area (Å²) in [6.45, 7) is 0.239. The number of carbonyl (C=O) groups excluding carboxylic acids is 1.